The normalized spacial score (nSPS) is 20.7. The molecule has 21 heavy (non-hydrogen) atoms. The molecule has 1 aliphatic rings. The fraction of sp³-hybridized carbons (Fsp3) is 0.857. The minimum Gasteiger partial charge on any atom is -0.485 e. The van der Waals surface area contributed by atoms with Crippen molar-refractivity contribution >= 4 is 29.3 Å². The number of rotatable bonds is 7. The van der Waals surface area contributed by atoms with Crippen LogP contribution in [0.25, 0.3) is 0 Å². The van der Waals surface area contributed by atoms with E-state index in [1.807, 2.05) is 0 Å². The number of ether oxygens (including phenoxy) is 1. The van der Waals surface area contributed by atoms with Crippen LogP contribution in [0.1, 0.15) is 40.0 Å². The van der Waals surface area contributed by atoms with E-state index >= 15 is 0 Å². The first-order chi connectivity index (χ1) is 9.86. The second-order valence-electron chi connectivity index (χ2n) is 5.93. The molecule has 0 aromatic heterocycles. The van der Waals surface area contributed by atoms with Crippen LogP contribution in [0.3, 0.4) is 0 Å². The average Bonchev–Trinajstić information content (AvgIpc) is 2.38. The second kappa shape index (κ2) is 8.70. The molecule has 0 aromatic carbocycles. The van der Waals surface area contributed by atoms with E-state index in [4.69, 9.17) is 13.6 Å². The number of carbonyl (C=O) groups is 2. The molecule has 0 N–H and O–H groups in total. The van der Waals surface area contributed by atoms with Crippen molar-refractivity contribution in [2.24, 2.45) is 0 Å². The van der Waals surface area contributed by atoms with E-state index in [9.17, 15) is 9.59 Å². The zero-order chi connectivity index (χ0) is 15.9. The maximum absolute atomic E-state index is 11.3. The highest BCUT2D eigenvalue weighted by Crippen LogP contribution is 2.25. The van der Waals surface area contributed by atoms with Gasteiger partial charge in [0, 0.05) is 38.8 Å². The fourth-order valence-electron chi connectivity index (χ4n) is 2.97. The van der Waals surface area contributed by atoms with Gasteiger partial charge < -0.3 is 13.6 Å². The summed E-state index contributed by atoms with van der Waals surface area (Å²) in [6.45, 7) is 7.63. The van der Waals surface area contributed by atoms with E-state index in [1.165, 1.54) is 20.3 Å². The lowest BCUT2D eigenvalue weighted by Gasteiger charge is -2.31. The molecule has 2 unspecified atom stereocenters. The van der Waals surface area contributed by atoms with E-state index in [2.05, 4.69) is 6.92 Å². The monoisotopic (exact) mass is 332 g/mol. The van der Waals surface area contributed by atoms with Gasteiger partial charge in [-0.15, -0.1) is 0 Å². The predicted octanol–water partition coefficient (Wildman–Crippen LogP) is 2.54. The van der Waals surface area contributed by atoms with Crippen molar-refractivity contribution in [3.63, 3.8) is 0 Å². The third-order valence-electron chi connectivity index (χ3n) is 3.95. The summed E-state index contributed by atoms with van der Waals surface area (Å²) >= 11 is 0. The van der Waals surface area contributed by atoms with Gasteiger partial charge in [-0.05, 0) is 19.3 Å². The summed E-state index contributed by atoms with van der Waals surface area (Å²) in [5, 5.41) is 0. The van der Waals surface area contributed by atoms with E-state index < -0.39 is 17.4 Å². The van der Waals surface area contributed by atoms with E-state index in [-0.39, 0.29) is 11.9 Å². The number of carbonyl (C=O) groups excluding carboxylic acids is 2. The Hall–Kier alpha value is -0.666. The van der Waals surface area contributed by atoms with Gasteiger partial charge in [-0.2, -0.15) is 0 Å². The average molecular weight is 333 g/mol. The third-order valence-corrected chi connectivity index (χ3v) is 10.8. The summed E-state index contributed by atoms with van der Waals surface area (Å²) in [4.78, 5) is 22.5. The molecule has 1 rings (SSSR count). The first-order valence-electron chi connectivity index (χ1n) is 7.87. The summed E-state index contributed by atoms with van der Waals surface area (Å²) < 4.78 is 16.7. The van der Waals surface area contributed by atoms with Crippen molar-refractivity contribution in [2.75, 3.05) is 6.61 Å². The first kappa shape index (κ1) is 18.4. The second-order valence-corrected chi connectivity index (χ2v) is 12.8. The minimum absolute atomic E-state index is 0.367. The van der Waals surface area contributed by atoms with Crippen LogP contribution in [0.15, 0.2) is 0 Å². The summed E-state index contributed by atoms with van der Waals surface area (Å²) in [7, 11) is -3.79. The molecule has 1 saturated heterocycles. The lowest BCUT2D eigenvalue weighted by Crippen LogP contribution is -2.44. The molecule has 0 radical (unpaired) electrons. The maximum atomic E-state index is 11.3. The molecule has 0 saturated carbocycles. The molecule has 0 aromatic rings. The van der Waals surface area contributed by atoms with Gasteiger partial charge >= 0.3 is 8.56 Å². The lowest BCUT2D eigenvalue weighted by molar-refractivity contribution is -0.138. The van der Waals surface area contributed by atoms with Crippen LogP contribution >= 0.6 is 0 Å². The molecule has 0 bridgehead atoms. The molecule has 122 valence electrons. The smallest absolute Gasteiger partial charge is 0.460 e. The van der Waals surface area contributed by atoms with Crippen molar-refractivity contribution in [3.8, 4) is 0 Å². The van der Waals surface area contributed by atoms with Gasteiger partial charge in [0.1, 0.15) is 0 Å². The first-order valence-corrected chi connectivity index (χ1v) is 12.7. The largest absolute Gasteiger partial charge is 0.485 e. The van der Waals surface area contributed by atoms with Gasteiger partial charge in [-0.3, -0.25) is 9.59 Å². The van der Waals surface area contributed by atoms with Crippen LogP contribution in [0.5, 0.6) is 0 Å². The molecule has 5 nitrogen and oxygen atoms in total. The van der Waals surface area contributed by atoms with Gasteiger partial charge in [0.25, 0.3) is 11.9 Å². The topological polar surface area (TPSA) is 61.8 Å². The van der Waals surface area contributed by atoms with Crippen molar-refractivity contribution in [2.45, 2.75) is 70.4 Å². The van der Waals surface area contributed by atoms with E-state index in [0.29, 0.717) is 11.8 Å². The SMILES string of the molecule is CC[SiH](CC[Si](C)(OC(C)=O)OC(C)=O)C1CCCCO1. The Morgan fingerprint density at radius 1 is 1.24 bits per heavy atom. The van der Waals surface area contributed by atoms with E-state index in [0.717, 1.165) is 31.5 Å². The van der Waals surface area contributed by atoms with Gasteiger partial charge in [0.15, 0.2) is 0 Å². The van der Waals surface area contributed by atoms with Gasteiger partial charge in [-0.1, -0.05) is 19.0 Å². The van der Waals surface area contributed by atoms with Crippen molar-refractivity contribution in [3.05, 3.63) is 0 Å². The van der Waals surface area contributed by atoms with E-state index in [1.54, 1.807) is 6.55 Å². The summed E-state index contributed by atoms with van der Waals surface area (Å²) in [6.07, 6.45) is 3.57. The van der Waals surface area contributed by atoms with Gasteiger partial charge in [0.05, 0.1) is 8.80 Å². The fourth-order valence-corrected chi connectivity index (χ4v) is 10.4. The van der Waals surface area contributed by atoms with Crippen LogP contribution in [0.2, 0.25) is 24.7 Å². The van der Waals surface area contributed by atoms with Crippen LogP contribution in [-0.2, 0) is 23.2 Å². The molecular formula is C14H28O5Si2. The standard InChI is InChI=1S/C14H28O5Si2/c1-5-20(14-8-6-7-9-17-14)10-11-21(4,18-12(2)15)19-13(3)16/h14,20H,5-11H2,1-4H3. The highest BCUT2D eigenvalue weighted by Gasteiger charge is 2.39. The molecule has 0 spiro atoms. The quantitative estimate of drug-likeness (QED) is 0.671. The van der Waals surface area contributed by atoms with Crippen molar-refractivity contribution in [1.29, 1.82) is 0 Å². The lowest BCUT2D eigenvalue weighted by atomic mass is 10.2. The summed E-state index contributed by atoms with van der Waals surface area (Å²) in [5.74, 6) is -0.733. The zero-order valence-corrected chi connectivity index (χ0v) is 15.8. The zero-order valence-electron chi connectivity index (χ0n) is 13.6. The predicted molar refractivity (Wildman–Crippen MR) is 86.0 cm³/mol. The molecule has 0 aliphatic carbocycles. The summed E-state index contributed by atoms with van der Waals surface area (Å²) in [5.41, 5.74) is 0.427. The van der Waals surface area contributed by atoms with Crippen molar-refractivity contribution in [1.82, 2.24) is 0 Å². The number of hydrogen-bond acceptors (Lipinski definition) is 5. The summed E-state index contributed by atoms with van der Waals surface area (Å²) in [6, 6.07) is 2.86. The molecule has 1 fully saturated rings. The van der Waals surface area contributed by atoms with Crippen LogP contribution in [-0.4, -0.2) is 41.6 Å². The highest BCUT2D eigenvalue weighted by atomic mass is 28.4. The van der Waals surface area contributed by atoms with Crippen LogP contribution in [0.4, 0.5) is 0 Å². The molecule has 0 amide bonds. The van der Waals surface area contributed by atoms with Gasteiger partial charge in [-0.25, -0.2) is 0 Å². The Morgan fingerprint density at radius 2 is 1.86 bits per heavy atom. The molecule has 1 heterocycles. The molecule has 2 atom stereocenters. The number of hydrogen-bond donors (Lipinski definition) is 0. The third kappa shape index (κ3) is 6.75. The van der Waals surface area contributed by atoms with Gasteiger partial charge in [0.2, 0.25) is 0 Å². The van der Waals surface area contributed by atoms with Crippen LogP contribution in [0, 0.1) is 0 Å². The Bertz CT molecular complexity index is 339. The van der Waals surface area contributed by atoms with Crippen LogP contribution < -0.4 is 0 Å². The minimum atomic E-state index is -2.74. The Labute approximate surface area is 130 Å². The highest BCUT2D eigenvalue weighted by molar-refractivity contribution is 6.71. The Morgan fingerprint density at radius 3 is 2.29 bits per heavy atom. The van der Waals surface area contributed by atoms with Crippen molar-refractivity contribution < 1.29 is 23.2 Å². The maximum Gasteiger partial charge on any atom is 0.460 e. The Balaban J connectivity index is 2.60. The molecule has 1 aliphatic heterocycles. The Kier molecular flexibility index (Phi) is 7.61. The molecule has 7 heteroatoms. The molecular weight excluding hydrogens is 304 g/mol.